The lowest BCUT2D eigenvalue weighted by molar-refractivity contribution is -0.136. The molecule has 2 unspecified atom stereocenters. The molecule has 1 aromatic carbocycles. The summed E-state index contributed by atoms with van der Waals surface area (Å²) >= 11 is 0. The highest BCUT2D eigenvalue weighted by Gasteiger charge is 2.27. The molecule has 1 fully saturated rings. The first-order valence-electron chi connectivity index (χ1n) is 9.27. The minimum Gasteiger partial charge on any atom is -0.483 e. The topological polar surface area (TPSA) is 75.7 Å². The van der Waals surface area contributed by atoms with Crippen molar-refractivity contribution in [1.29, 1.82) is 0 Å². The van der Waals surface area contributed by atoms with Crippen molar-refractivity contribution in [2.45, 2.75) is 51.5 Å². The van der Waals surface area contributed by atoms with Crippen LogP contribution in [0.3, 0.4) is 0 Å². The number of piperidine rings is 1. The number of nitrogens with zero attached hydrogens (tertiary/aromatic N) is 1. The summed E-state index contributed by atoms with van der Waals surface area (Å²) in [5, 5.41) is 0. The first-order chi connectivity index (χ1) is 12.3. The molecule has 0 aromatic heterocycles. The molecule has 2 atom stereocenters. The largest absolute Gasteiger partial charge is 0.483 e. The summed E-state index contributed by atoms with van der Waals surface area (Å²) in [6, 6.07) is 7.71. The van der Waals surface area contributed by atoms with E-state index in [0.29, 0.717) is 12.5 Å². The van der Waals surface area contributed by atoms with Gasteiger partial charge in [-0.15, -0.1) is 0 Å². The minimum atomic E-state index is -3.27. The Morgan fingerprint density at radius 1 is 1.35 bits per heavy atom. The molecule has 146 valence electrons. The second kappa shape index (κ2) is 9.37. The molecule has 1 aliphatic rings. The van der Waals surface area contributed by atoms with Gasteiger partial charge in [-0.1, -0.05) is 32.0 Å². The molecule has 0 aliphatic carbocycles. The van der Waals surface area contributed by atoms with E-state index in [-0.39, 0.29) is 25.1 Å². The van der Waals surface area contributed by atoms with Crippen molar-refractivity contribution in [1.82, 2.24) is 9.62 Å². The third-order valence-corrected chi connectivity index (χ3v) is 5.63. The molecule has 0 spiro atoms. The Bertz CT molecular complexity index is 705. The molecule has 6 nitrogen and oxygen atoms in total. The van der Waals surface area contributed by atoms with Crippen LogP contribution >= 0.6 is 0 Å². The van der Waals surface area contributed by atoms with Crippen LogP contribution in [0.2, 0.25) is 0 Å². The number of likely N-dealkylation sites (tertiary alicyclic amines) is 1. The lowest BCUT2D eigenvalue weighted by atomic mass is 9.98. The highest BCUT2D eigenvalue weighted by molar-refractivity contribution is 7.88. The number of ether oxygens (including phenoxy) is 1. The average molecular weight is 383 g/mol. The molecule has 1 aliphatic heterocycles. The first kappa shape index (κ1) is 20.7. The summed E-state index contributed by atoms with van der Waals surface area (Å²) in [6.45, 7) is 5.14. The van der Waals surface area contributed by atoms with Crippen molar-refractivity contribution in [3.8, 4) is 5.75 Å². The summed E-state index contributed by atoms with van der Waals surface area (Å²) in [6.07, 6.45) is 4.87. The lowest BCUT2D eigenvalue weighted by Gasteiger charge is -2.35. The molecule has 1 aromatic rings. The Morgan fingerprint density at radius 2 is 2.08 bits per heavy atom. The number of sulfonamides is 1. The van der Waals surface area contributed by atoms with Crippen LogP contribution in [0.25, 0.3) is 0 Å². The van der Waals surface area contributed by atoms with Crippen LogP contribution in [-0.2, 0) is 14.8 Å². The van der Waals surface area contributed by atoms with Gasteiger partial charge >= 0.3 is 0 Å². The van der Waals surface area contributed by atoms with Crippen LogP contribution in [0, 0.1) is 0 Å². The molecule has 1 N–H and O–H groups in total. The number of para-hydroxylation sites is 1. The molecule has 0 saturated carbocycles. The van der Waals surface area contributed by atoms with E-state index < -0.39 is 10.0 Å². The van der Waals surface area contributed by atoms with Crippen LogP contribution in [0.1, 0.15) is 51.0 Å². The van der Waals surface area contributed by atoms with Gasteiger partial charge in [0, 0.05) is 19.1 Å². The van der Waals surface area contributed by atoms with Gasteiger partial charge in [0.2, 0.25) is 10.0 Å². The fourth-order valence-corrected chi connectivity index (χ4v) is 3.75. The molecule has 0 radical (unpaired) electrons. The van der Waals surface area contributed by atoms with Gasteiger partial charge in [0.05, 0.1) is 6.26 Å². The predicted octanol–water partition coefficient (Wildman–Crippen LogP) is 2.51. The van der Waals surface area contributed by atoms with Crippen LogP contribution in [0.5, 0.6) is 5.75 Å². The minimum absolute atomic E-state index is 0.0250. The number of amides is 1. The van der Waals surface area contributed by atoms with Gasteiger partial charge in [0.25, 0.3) is 5.91 Å². The summed E-state index contributed by atoms with van der Waals surface area (Å²) in [4.78, 5) is 14.4. The van der Waals surface area contributed by atoms with Gasteiger partial charge in [-0.2, -0.15) is 0 Å². The lowest BCUT2D eigenvalue weighted by Crippen LogP contribution is -2.50. The molecule has 26 heavy (non-hydrogen) atoms. The number of hydrogen-bond acceptors (Lipinski definition) is 4. The van der Waals surface area contributed by atoms with Crippen LogP contribution in [0.15, 0.2) is 24.3 Å². The van der Waals surface area contributed by atoms with Crippen molar-refractivity contribution in [2.75, 3.05) is 26.0 Å². The van der Waals surface area contributed by atoms with Crippen molar-refractivity contribution >= 4 is 15.9 Å². The van der Waals surface area contributed by atoms with E-state index in [4.69, 9.17) is 4.74 Å². The highest BCUT2D eigenvalue weighted by atomic mass is 32.2. The average Bonchev–Trinajstić information content (AvgIpc) is 2.63. The third kappa shape index (κ3) is 5.99. The van der Waals surface area contributed by atoms with E-state index in [2.05, 4.69) is 18.6 Å². The third-order valence-electron chi connectivity index (χ3n) is 4.94. The zero-order chi connectivity index (χ0) is 19.2. The smallest absolute Gasteiger partial charge is 0.260 e. The quantitative estimate of drug-likeness (QED) is 0.750. The van der Waals surface area contributed by atoms with Crippen LogP contribution in [-0.4, -0.2) is 51.2 Å². The molecule has 0 bridgehead atoms. The van der Waals surface area contributed by atoms with Gasteiger partial charge in [0.15, 0.2) is 6.61 Å². The van der Waals surface area contributed by atoms with Crippen molar-refractivity contribution in [2.24, 2.45) is 0 Å². The van der Waals surface area contributed by atoms with E-state index in [1.54, 1.807) is 4.90 Å². The van der Waals surface area contributed by atoms with E-state index in [1.165, 1.54) is 0 Å². The molecule has 1 heterocycles. The number of carbonyl (C=O) groups excluding carboxylic acids is 1. The van der Waals surface area contributed by atoms with Crippen LogP contribution in [0.4, 0.5) is 0 Å². The number of rotatable bonds is 8. The van der Waals surface area contributed by atoms with E-state index in [9.17, 15) is 13.2 Å². The van der Waals surface area contributed by atoms with Crippen LogP contribution < -0.4 is 9.46 Å². The van der Waals surface area contributed by atoms with Gasteiger partial charge < -0.3 is 9.64 Å². The maximum Gasteiger partial charge on any atom is 0.260 e. The fraction of sp³-hybridized carbons (Fsp3) is 0.632. The van der Waals surface area contributed by atoms with E-state index in [0.717, 1.165) is 43.3 Å². The highest BCUT2D eigenvalue weighted by Crippen LogP contribution is 2.28. The Morgan fingerprint density at radius 3 is 2.77 bits per heavy atom. The maximum atomic E-state index is 12.7. The summed E-state index contributed by atoms with van der Waals surface area (Å²) in [5.74, 6) is 1.02. The second-order valence-electron chi connectivity index (χ2n) is 6.99. The SMILES string of the molecule is CCC(C)c1ccccc1OCC(=O)N1CCCCC1CNS(C)(=O)=O. The molecular formula is C19H30N2O4S. The number of nitrogens with one attached hydrogen (secondary N) is 1. The number of hydrogen-bond donors (Lipinski definition) is 1. The van der Waals surface area contributed by atoms with Gasteiger partial charge in [0.1, 0.15) is 5.75 Å². The van der Waals surface area contributed by atoms with Crippen molar-refractivity contribution < 1.29 is 17.9 Å². The van der Waals surface area contributed by atoms with E-state index >= 15 is 0 Å². The Balaban J connectivity index is 1.99. The van der Waals surface area contributed by atoms with Crippen molar-refractivity contribution in [3.05, 3.63) is 29.8 Å². The molecule has 1 amide bonds. The van der Waals surface area contributed by atoms with E-state index in [1.807, 2.05) is 24.3 Å². The normalized spacial score (nSPS) is 19.2. The Hall–Kier alpha value is -1.60. The summed E-state index contributed by atoms with van der Waals surface area (Å²) < 4.78 is 31.1. The maximum absolute atomic E-state index is 12.7. The summed E-state index contributed by atoms with van der Waals surface area (Å²) in [7, 11) is -3.27. The number of benzene rings is 1. The zero-order valence-corrected chi connectivity index (χ0v) is 16.7. The second-order valence-corrected chi connectivity index (χ2v) is 8.83. The molecular weight excluding hydrogens is 352 g/mol. The monoisotopic (exact) mass is 382 g/mol. The Kier molecular flexibility index (Phi) is 7.46. The fourth-order valence-electron chi connectivity index (χ4n) is 3.25. The number of carbonyl (C=O) groups is 1. The first-order valence-corrected chi connectivity index (χ1v) is 11.2. The van der Waals surface area contributed by atoms with Gasteiger partial charge in [-0.05, 0) is 43.2 Å². The molecule has 2 rings (SSSR count). The summed E-state index contributed by atoms with van der Waals surface area (Å²) in [5.41, 5.74) is 1.11. The predicted molar refractivity (Wildman–Crippen MR) is 103 cm³/mol. The van der Waals surface area contributed by atoms with Gasteiger partial charge in [-0.3, -0.25) is 4.79 Å². The molecule has 7 heteroatoms. The molecule has 1 saturated heterocycles. The zero-order valence-electron chi connectivity index (χ0n) is 15.9. The standard InChI is InChI=1S/C19H30N2O4S/c1-4-15(2)17-10-5-6-11-18(17)25-14-19(22)21-12-8-7-9-16(21)13-20-26(3,23)24/h5-6,10-11,15-16,20H,4,7-9,12-14H2,1-3H3. The van der Waals surface area contributed by atoms with Crippen molar-refractivity contribution in [3.63, 3.8) is 0 Å². The van der Waals surface area contributed by atoms with Gasteiger partial charge in [-0.25, -0.2) is 13.1 Å². The Labute approximate surface area is 157 Å².